The van der Waals surface area contributed by atoms with Crippen LogP contribution in [-0.2, 0) is 14.4 Å². The highest BCUT2D eigenvalue weighted by atomic mass is 79.9. The van der Waals surface area contributed by atoms with Gasteiger partial charge in [-0.3, -0.25) is 19.7 Å². The summed E-state index contributed by atoms with van der Waals surface area (Å²) in [4.78, 5) is 51.2. The largest absolute Gasteiger partial charge is 0.493 e. The van der Waals surface area contributed by atoms with Crippen LogP contribution in [0.15, 0.2) is 75.2 Å². The minimum atomic E-state index is -0.860. The van der Waals surface area contributed by atoms with Crippen molar-refractivity contribution in [1.29, 1.82) is 0 Å². The molecule has 1 fully saturated rings. The van der Waals surface area contributed by atoms with Crippen molar-refractivity contribution in [2.45, 2.75) is 0 Å². The van der Waals surface area contributed by atoms with Crippen LogP contribution in [0.25, 0.3) is 6.08 Å². The van der Waals surface area contributed by atoms with Crippen LogP contribution in [0, 0.1) is 5.82 Å². The zero-order valence-corrected chi connectivity index (χ0v) is 22.8. The van der Waals surface area contributed by atoms with Gasteiger partial charge in [-0.15, -0.1) is 0 Å². The molecule has 0 aliphatic carbocycles. The third-order valence-electron chi connectivity index (χ3n) is 5.22. The van der Waals surface area contributed by atoms with Gasteiger partial charge < -0.3 is 14.8 Å². The van der Waals surface area contributed by atoms with Gasteiger partial charge in [-0.05, 0) is 88.2 Å². The van der Waals surface area contributed by atoms with Crippen molar-refractivity contribution in [3.63, 3.8) is 0 Å². The minimum Gasteiger partial charge on any atom is -0.493 e. The first-order valence-corrected chi connectivity index (χ1v) is 12.5. The Kier molecular flexibility index (Phi) is 8.23. The summed E-state index contributed by atoms with van der Waals surface area (Å²) in [5.41, 5.74) is 0.809. The van der Waals surface area contributed by atoms with Crippen LogP contribution < -0.4 is 25.0 Å². The van der Waals surface area contributed by atoms with Crippen LogP contribution in [-0.4, -0.2) is 37.5 Å². The molecular weight excluding hydrogens is 629 g/mol. The molecule has 1 aliphatic rings. The average Bonchev–Trinajstić information content (AvgIpc) is 2.88. The average molecular weight is 647 g/mol. The van der Waals surface area contributed by atoms with Crippen LogP contribution in [0.3, 0.4) is 0 Å². The van der Waals surface area contributed by atoms with Gasteiger partial charge in [0.2, 0.25) is 0 Å². The van der Waals surface area contributed by atoms with Crippen molar-refractivity contribution >= 4 is 73.1 Å². The normalized spacial score (nSPS) is 14.4. The molecule has 0 aromatic heterocycles. The Labute approximate surface area is 232 Å². The van der Waals surface area contributed by atoms with Gasteiger partial charge in [-0.25, -0.2) is 14.1 Å². The van der Waals surface area contributed by atoms with Crippen molar-refractivity contribution in [2.75, 3.05) is 23.9 Å². The van der Waals surface area contributed by atoms with Crippen molar-refractivity contribution in [2.24, 2.45) is 0 Å². The molecule has 12 heteroatoms. The summed E-state index contributed by atoms with van der Waals surface area (Å²) in [6, 6.07) is 13.9. The van der Waals surface area contributed by atoms with Crippen LogP contribution in [0.5, 0.6) is 11.5 Å². The van der Waals surface area contributed by atoms with Gasteiger partial charge >= 0.3 is 6.03 Å². The molecule has 0 spiro atoms. The zero-order chi connectivity index (χ0) is 27.4. The number of benzene rings is 3. The number of carbonyl (C=O) groups is 4. The molecule has 5 amide bonds. The lowest BCUT2D eigenvalue weighted by atomic mass is 10.1. The third-order valence-corrected chi connectivity index (χ3v) is 6.34. The maximum absolute atomic E-state index is 13.1. The highest BCUT2D eigenvalue weighted by molar-refractivity contribution is 9.10. The Bertz CT molecular complexity index is 1460. The molecule has 0 bridgehead atoms. The number of nitrogens with zero attached hydrogens (tertiary/aromatic N) is 1. The first-order chi connectivity index (χ1) is 18.2. The van der Waals surface area contributed by atoms with E-state index in [1.54, 1.807) is 30.3 Å². The van der Waals surface area contributed by atoms with Crippen molar-refractivity contribution < 1.29 is 33.0 Å². The smallest absolute Gasteiger partial charge is 0.335 e. The summed E-state index contributed by atoms with van der Waals surface area (Å²) in [6.45, 7) is -0.377. The van der Waals surface area contributed by atoms with E-state index in [0.717, 1.165) is 9.37 Å². The Morgan fingerprint density at radius 3 is 2.39 bits per heavy atom. The number of nitrogens with one attached hydrogen (secondary N) is 2. The van der Waals surface area contributed by atoms with Gasteiger partial charge in [0.15, 0.2) is 18.1 Å². The van der Waals surface area contributed by atoms with E-state index in [-0.39, 0.29) is 29.4 Å². The molecule has 4 rings (SSSR count). The summed E-state index contributed by atoms with van der Waals surface area (Å²) < 4.78 is 25.2. The van der Waals surface area contributed by atoms with Crippen molar-refractivity contribution in [1.82, 2.24) is 5.32 Å². The molecule has 0 radical (unpaired) electrons. The number of rotatable bonds is 7. The number of hydrogen-bond acceptors (Lipinski definition) is 6. The first-order valence-electron chi connectivity index (χ1n) is 10.9. The molecule has 2 N–H and O–H groups in total. The van der Waals surface area contributed by atoms with E-state index in [2.05, 4.69) is 42.5 Å². The van der Waals surface area contributed by atoms with Gasteiger partial charge in [0.25, 0.3) is 17.7 Å². The lowest BCUT2D eigenvalue weighted by molar-refractivity contribution is -0.122. The molecular formula is C26H18Br2FN3O6. The second-order valence-electron chi connectivity index (χ2n) is 7.81. The lowest BCUT2D eigenvalue weighted by Crippen LogP contribution is -2.54. The van der Waals surface area contributed by atoms with Gasteiger partial charge in [-0.1, -0.05) is 15.9 Å². The minimum absolute atomic E-state index is 0.204. The number of anilines is 2. The van der Waals surface area contributed by atoms with E-state index < -0.39 is 29.6 Å². The first kappa shape index (κ1) is 27.0. The fourth-order valence-electron chi connectivity index (χ4n) is 3.48. The fourth-order valence-corrected chi connectivity index (χ4v) is 4.32. The number of carbonyl (C=O) groups excluding carboxylic acids is 4. The second kappa shape index (κ2) is 11.6. The van der Waals surface area contributed by atoms with Crippen molar-refractivity contribution in [3.8, 4) is 11.5 Å². The molecule has 3 aromatic carbocycles. The number of barbiturate groups is 1. The van der Waals surface area contributed by atoms with E-state index in [1.807, 2.05) is 0 Å². The summed E-state index contributed by atoms with van der Waals surface area (Å²) in [6.07, 6.45) is 1.31. The molecule has 194 valence electrons. The van der Waals surface area contributed by atoms with E-state index in [0.29, 0.717) is 15.7 Å². The summed E-state index contributed by atoms with van der Waals surface area (Å²) in [7, 11) is 1.39. The van der Waals surface area contributed by atoms with Gasteiger partial charge in [0, 0.05) is 10.2 Å². The van der Waals surface area contributed by atoms with E-state index in [9.17, 15) is 23.6 Å². The molecule has 0 saturated carbocycles. The van der Waals surface area contributed by atoms with Gasteiger partial charge in [-0.2, -0.15) is 0 Å². The van der Waals surface area contributed by atoms with E-state index in [4.69, 9.17) is 9.47 Å². The number of methoxy groups -OCH3 is 1. The number of imide groups is 2. The Morgan fingerprint density at radius 1 is 1.05 bits per heavy atom. The van der Waals surface area contributed by atoms with Crippen LogP contribution in [0.4, 0.5) is 20.6 Å². The number of amides is 5. The van der Waals surface area contributed by atoms with Crippen LogP contribution in [0.2, 0.25) is 0 Å². The lowest BCUT2D eigenvalue weighted by Gasteiger charge is -2.26. The Hall–Kier alpha value is -4.03. The molecule has 1 aliphatic heterocycles. The molecule has 3 aromatic rings. The standard InChI is InChI=1S/C26H18Br2FN3O6/c1-37-21-12-14(11-20(28)23(21)38-13-22(33)30-17-6-4-16(29)5-7-17)10-19-24(34)31-26(36)32(25(19)35)18-8-2-15(27)3-9-18/h2-12H,13H2,1H3,(H,30,33)(H,31,34,36)/b19-10+. The number of ether oxygens (including phenoxy) is 2. The molecule has 9 nitrogen and oxygen atoms in total. The quantitative estimate of drug-likeness (QED) is 0.275. The monoisotopic (exact) mass is 645 g/mol. The Morgan fingerprint density at radius 2 is 1.74 bits per heavy atom. The van der Waals surface area contributed by atoms with Crippen LogP contribution in [0.1, 0.15) is 5.56 Å². The maximum atomic E-state index is 13.1. The molecule has 0 atom stereocenters. The molecule has 1 heterocycles. The highest BCUT2D eigenvalue weighted by Gasteiger charge is 2.36. The summed E-state index contributed by atoms with van der Waals surface area (Å²) in [5.74, 6) is -2.14. The zero-order valence-electron chi connectivity index (χ0n) is 19.6. The highest BCUT2D eigenvalue weighted by Crippen LogP contribution is 2.37. The predicted molar refractivity (Wildman–Crippen MR) is 144 cm³/mol. The topological polar surface area (TPSA) is 114 Å². The van der Waals surface area contributed by atoms with Gasteiger partial charge in [0.05, 0.1) is 17.3 Å². The van der Waals surface area contributed by atoms with Gasteiger partial charge in [0.1, 0.15) is 11.4 Å². The second-order valence-corrected chi connectivity index (χ2v) is 9.58. The maximum Gasteiger partial charge on any atom is 0.335 e. The van der Waals surface area contributed by atoms with Crippen molar-refractivity contribution in [3.05, 3.63) is 86.6 Å². The fraction of sp³-hybridized carbons (Fsp3) is 0.0769. The molecule has 1 saturated heterocycles. The van der Waals surface area contributed by atoms with Crippen LogP contribution >= 0.6 is 31.9 Å². The summed E-state index contributed by atoms with van der Waals surface area (Å²) in [5, 5.41) is 4.75. The number of hydrogen-bond donors (Lipinski definition) is 2. The predicted octanol–water partition coefficient (Wildman–Crippen LogP) is 5.04. The third kappa shape index (κ3) is 6.09. The number of halogens is 3. The summed E-state index contributed by atoms with van der Waals surface area (Å²) >= 11 is 6.66. The molecule has 38 heavy (non-hydrogen) atoms. The molecule has 0 unspecified atom stereocenters. The van der Waals surface area contributed by atoms with E-state index >= 15 is 0 Å². The van der Waals surface area contributed by atoms with E-state index in [1.165, 1.54) is 43.5 Å². The Balaban J connectivity index is 1.55. The SMILES string of the molecule is COc1cc(/C=C2\C(=O)NC(=O)N(c3ccc(Br)cc3)C2=O)cc(Br)c1OCC(=O)Nc1ccc(F)cc1. The number of urea groups is 1.